The van der Waals surface area contributed by atoms with Gasteiger partial charge in [0.05, 0.1) is 36.1 Å². The van der Waals surface area contributed by atoms with E-state index in [0.717, 1.165) is 11.1 Å². The van der Waals surface area contributed by atoms with Gasteiger partial charge < -0.3 is 18.9 Å². The van der Waals surface area contributed by atoms with Gasteiger partial charge in [-0.1, -0.05) is 53.3 Å². The fraction of sp³-hybridized carbons (Fsp3) is 0.306. The fourth-order valence-electron chi connectivity index (χ4n) is 5.71. The van der Waals surface area contributed by atoms with E-state index in [1.54, 1.807) is 31.6 Å². The Kier molecular flexibility index (Phi) is 9.58. The van der Waals surface area contributed by atoms with Crippen molar-refractivity contribution in [2.24, 2.45) is 4.99 Å². The zero-order valence-corrected chi connectivity index (χ0v) is 27.5. The molecular formula is C36H38N2O6S. The molecule has 45 heavy (non-hydrogen) atoms. The first kappa shape index (κ1) is 31.8. The van der Waals surface area contributed by atoms with Gasteiger partial charge in [-0.2, -0.15) is 0 Å². The average molecular weight is 627 g/mol. The Bertz CT molecular complexity index is 1950. The van der Waals surface area contributed by atoms with Gasteiger partial charge in [-0.3, -0.25) is 9.36 Å². The quantitative estimate of drug-likeness (QED) is 0.210. The van der Waals surface area contributed by atoms with Crippen LogP contribution in [0.3, 0.4) is 0 Å². The predicted molar refractivity (Wildman–Crippen MR) is 176 cm³/mol. The SMILES string of the molecule is CCOC(=O)C1=C(C)N=c2s/c(=C\c3ccc(OCc4c(C)cc(C)cc4C)c(OC)c3)c(=O)n2[C@H]1c1ccccc1OCC. The van der Waals surface area contributed by atoms with Crippen molar-refractivity contribution < 1.29 is 23.7 Å². The molecule has 0 aliphatic carbocycles. The molecule has 0 saturated carbocycles. The first-order chi connectivity index (χ1) is 21.7. The maximum atomic E-state index is 14.1. The number of nitrogens with zero attached hydrogens (tertiary/aromatic N) is 2. The highest BCUT2D eigenvalue weighted by Crippen LogP contribution is 2.36. The number of carbonyl (C=O) groups is 1. The third-order valence-electron chi connectivity index (χ3n) is 7.73. The summed E-state index contributed by atoms with van der Waals surface area (Å²) in [5, 5.41) is 0. The number of aromatic nitrogens is 1. The molecule has 4 aromatic rings. The predicted octanol–water partition coefficient (Wildman–Crippen LogP) is 5.71. The van der Waals surface area contributed by atoms with E-state index >= 15 is 0 Å². The lowest BCUT2D eigenvalue weighted by Crippen LogP contribution is -2.40. The molecule has 1 atom stereocenters. The van der Waals surface area contributed by atoms with Crippen LogP contribution in [0, 0.1) is 20.8 Å². The van der Waals surface area contributed by atoms with Crippen LogP contribution in [-0.2, 0) is 16.1 Å². The number of ether oxygens (including phenoxy) is 4. The highest BCUT2D eigenvalue weighted by Gasteiger charge is 2.35. The summed E-state index contributed by atoms with van der Waals surface area (Å²) >= 11 is 1.26. The van der Waals surface area contributed by atoms with Gasteiger partial charge >= 0.3 is 5.97 Å². The van der Waals surface area contributed by atoms with Crippen molar-refractivity contribution in [3.8, 4) is 17.2 Å². The number of hydrogen-bond donors (Lipinski definition) is 0. The molecule has 5 rings (SSSR count). The van der Waals surface area contributed by atoms with Crippen LogP contribution in [0.15, 0.2) is 75.7 Å². The van der Waals surface area contributed by atoms with Crippen LogP contribution in [0.25, 0.3) is 6.08 Å². The first-order valence-electron chi connectivity index (χ1n) is 15.0. The number of thiazole rings is 1. The minimum Gasteiger partial charge on any atom is -0.494 e. The van der Waals surface area contributed by atoms with Crippen LogP contribution in [0.4, 0.5) is 0 Å². The molecule has 0 N–H and O–H groups in total. The smallest absolute Gasteiger partial charge is 0.338 e. The molecule has 0 saturated heterocycles. The molecule has 0 bridgehead atoms. The molecule has 3 aromatic carbocycles. The Hall–Kier alpha value is -4.63. The van der Waals surface area contributed by atoms with Crippen molar-refractivity contribution in [3.63, 3.8) is 0 Å². The number of fused-ring (bicyclic) bond motifs is 1. The molecule has 0 radical (unpaired) electrons. The van der Waals surface area contributed by atoms with Crippen LogP contribution in [-0.4, -0.2) is 30.9 Å². The molecule has 1 aliphatic rings. The van der Waals surface area contributed by atoms with Crippen molar-refractivity contribution >= 4 is 23.4 Å². The van der Waals surface area contributed by atoms with Crippen LogP contribution in [0.5, 0.6) is 17.2 Å². The van der Waals surface area contributed by atoms with Gasteiger partial charge in [0.25, 0.3) is 5.56 Å². The number of methoxy groups -OCH3 is 1. The zero-order valence-electron chi connectivity index (χ0n) is 26.7. The third-order valence-corrected chi connectivity index (χ3v) is 8.71. The van der Waals surface area contributed by atoms with Crippen LogP contribution < -0.4 is 29.1 Å². The topological polar surface area (TPSA) is 88.4 Å². The number of allylic oxidation sites excluding steroid dienone is 1. The van der Waals surface area contributed by atoms with Gasteiger partial charge in [0.15, 0.2) is 16.3 Å². The Labute approximate surface area is 266 Å². The van der Waals surface area contributed by atoms with Crippen LogP contribution in [0.1, 0.15) is 60.2 Å². The molecule has 9 heteroatoms. The maximum absolute atomic E-state index is 14.1. The number of para-hydroxylation sites is 1. The molecule has 2 heterocycles. The molecule has 1 aliphatic heterocycles. The number of hydrogen-bond acceptors (Lipinski definition) is 8. The van der Waals surface area contributed by atoms with Crippen molar-refractivity contribution in [1.29, 1.82) is 0 Å². The molecular weight excluding hydrogens is 588 g/mol. The maximum Gasteiger partial charge on any atom is 0.338 e. The van der Waals surface area contributed by atoms with Crippen molar-refractivity contribution in [3.05, 3.63) is 119 Å². The van der Waals surface area contributed by atoms with Crippen molar-refractivity contribution in [1.82, 2.24) is 4.57 Å². The summed E-state index contributed by atoms with van der Waals surface area (Å²) in [6.07, 6.45) is 1.80. The second-order valence-electron chi connectivity index (χ2n) is 10.8. The van der Waals surface area contributed by atoms with Crippen LogP contribution in [0.2, 0.25) is 0 Å². The molecule has 0 unspecified atom stereocenters. The summed E-state index contributed by atoms with van der Waals surface area (Å²) < 4.78 is 25.2. The summed E-state index contributed by atoms with van der Waals surface area (Å²) in [4.78, 5) is 32.5. The monoisotopic (exact) mass is 626 g/mol. The molecule has 0 amide bonds. The van der Waals surface area contributed by atoms with Gasteiger partial charge in [0.2, 0.25) is 0 Å². The Morgan fingerprint density at radius 1 is 0.933 bits per heavy atom. The number of esters is 1. The number of aryl methyl sites for hydroxylation is 3. The second-order valence-corrected chi connectivity index (χ2v) is 11.9. The molecule has 234 valence electrons. The van der Waals surface area contributed by atoms with Crippen LogP contribution >= 0.6 is 11.3 Å². The standard InChI is InChI=1S/C36H38N2O6S/c1-8-42-28-13-11-10-12-26(28)33-32(35(40)43-9-2)24(6)37-36-38(33)34(39)31(45-36)19-25-14-15-29(30(18-25)41-7)44-20-27-22(4)16-21(3)17-23(27)5/h10-19,33H,8-9,20H2,1-7H3/b31-19-/t33-/m0/s1. The van der Waals surface area contributed by atoms with Crippen molar-refractivity contribution in [2.45, 2.75) is 54.2 Å². The van der Waals surface area contributed by atoms with E-state index in [9.17, 15) is 9.59 Å². The molecule has 0 fully saturated rings. The third kappa shape index (κ3) is 6.44. The van der Waals surface area contributed by atoms with E-state index in [1.165, 1.54) is 28.0 Å². The van der Waals surface area contributed by atoms with E-state index < -0.39 is 12.0 Å². The Morgan fingerprint density at radius 3 is 2.36 bits per heavy atom. The van der Waals surface area contributed by atoms with Gasteiger partial charge in [-0.05, 0) is 88.1 Å². The molecule has 1 aromatic heterocycles. The lowest BCUT2D eigenvalue weighted by Gasteiger charge is -2.26. The van der Waals surface area contributed by atoms with E-state index in [-0.39, 0.29) is 12.2 Å². The number of benzene rings is 3. The number of carbonyl (C=O) groups excluding carboxylic acids is 1. The van der Waals surface area contributed by atoms with Gasteiger partial charge in [0, 0.05) is 5.56 Å². The summed E-state index contributed by atoms with van der Waals surface area (Å²) in [6, 6.07) is 16.6. The summed E-state index contributed by atoms with van der Waals surface area (Å²) in [6.45, 7) is 12.7. The second kappa shape index (κ2) is 13.6. The average Bonchev–Trinajstić information content (AvgIpc) is 3.30. The lowest BCUT2D eigenvalue weighted by atomic mass is 9.95. The van der Waals surface area contributed by atoms with E-state index in [1.807, 2.05) is 49.4 Å². The molecule has 8 nitrogen and oxygen atoms in total. The Balaban J connectivity index is 1.56. The van der Waals surface area contributed by atoms with E-state index in [2.05, 4.69) is 37.9 Å². The minimum absolute atomic E-state index is 0.200. The zero-order chi connectivity index (χ0) is 32.2. The first-order valence-corrected chi connectivity index (χ1v) is 15.8. The van der Waals surface area contributed by atoms with E-state index in [4.69, 9.17) is 18.9 Å². The lowest BCUT2D eigenvalue weighted by molar-refractivity contribution is -0.139. The Morgan fingerprint density at radius 2 is 1.67 bits per heavy atom. The van der Waals surface area contributed by atoms with Crippen molar-refractivity contribution in [2.75, 3.05) is 20.3 Å². The highest BCUT2D eigenvalue weighted by atomic mass is 32.1. The fourth-order valence-corrected chi connectivity index (χ4v) is 6.76. The summed E-state index contributed by atoms with van der Waals surface area (Å²) in [5.74, 6) is 1.24. The van der Waals surface area contributed by atoms with Gasteiger partial charge in [-0.25, -0.2) is 9.79 Å². The van der Waals surface area contributed by atoms with E-state index in [0.29, 0.717) is 56.6 Å². The highest BCUT2D eigenvalue weighted by molar-refractivity contribution is 7.07. The molecule has 0 spiro atoms. The normalized spacial score (nSPS) is 14.6. The minimum atomic E-state index is -0.760. The number of rotatable bonds is 10. The van der Waals surface area contributed by atoms with Gasteiger partial charge in [-0.15, -0.1) is 0 Å². The largest absolute Gasteiger partial charge is 0.494 e. The summed E-state index contributed by atoms with van der Waals surface area (Å²) in [5.41, 5.74) is 6.72. The summed E-state index contributed by atoms with van der Waals surface area (Å²) in [7, 11) is 1.59. The van der Waals surface area contributed by atoms with Gasteiger partial charge in [0.1, 0.15) is 18.4 Å².